The normalized spacial score (nSPS) is 21.6. The average molecular weight is 686 g/mol. The van der Waals surface area contributed by atoms with E-state index in [1.807, 2.05) is 44.2 Å². The minimum absolute atomic E-state index is 0.00110. The summed E-state index contributed by atoms with van der Waals surface area (Å²) in [6.45, 7) is 5.98. The number of hydrogen-bond donors (Lipinski definition) is 4. The fraction of sp³-hybridized carbons (Fsp3) is 0.395. The molecule has 1 fully saturated rings. The Labute approximate surface area is 291 Å². The van der Waals surface area contributed by atoms with E-state index in [9.17, 15) is 28.4 Å². The SMILES string of the molecule is CC(=O)N[C@H]1CCN(C(=O)[C@@H]2Cc3ccc(cc3)Oc3cc(ccc3F)CC(=O)N[C@H](Cc3ccccc3)C(=O)N[C@@H](CC(C)C)C(=O)N2)C1. The van der Waals surface area contributed by atoms with Gasteiger partial charge < -0.3 is 30.9 Å². The molecule has 4 N–H and O–H groups in total. The zero-order chi connectivity index (χ0) is 35.8. The molecular formula is C38H44FN5O6. The maximum Gasteiger partial charge on any atom is 0.245 e. The summed E-state index contributed by atoms with van der Waals surface area (Å²) in [5.41, 5.74) is 1.99. The lowest BCUT2D eigenvalue weighted by Gasteiger charge is -2.28. The van der Waals surface area contributed by atoms with Crippen LogP contribution in [0.1, 0.15) is 50.3 Å². The number of halogens is 1. The number of nitrogens with one attached hydrogen (secondary N) is 4. The van der Waals surface area contributed by atoms with Gasteiger partial charge in [0.15, 0.2) is 11.6 Å². The van der Waals surface area contributed by atoms with Gasteiger partial charge in [0.1, 0.15) is 23.9 Å². The summed E-state index contributed by atoms with van der Waals surface area (Å²) in [5, 5.41) is 11.4. The van der Waals surface area contributed by atoms with Crippen molar-refractivity contribution in [3.63, 3.8) is 0 Å². The Morgan fingerprint density at radius 3 is 2.32 bits per heavy atom. The molecule has 0 radical (unpaired) electrons. The van der Waals surface area contributed by atoms with Crippen molar-refractivity contribution in [2.24, 2.45) is 5.92 Å². The third-order valence-corrected chi connectivity index (χ3v) is 8.75. The largest absolute Gasteiger partial charge is 0.454 e. The Morgan fingerprint density at radius 2 is 1.62 bits per heavy atom. The fourth-order valence-electron chi connectivity index (χ4n) is 6.32. The summed E-state index contributed by atoms with van der Waals surface area (Å²) in [4.78, 5) is 68.5. The van der Waals surface area contributed by atoms with Gasteiger partial charge in [0, 0.05) is 38.9 Å². The average Bonchev–Trinajstić information content (AvgIpc) is 3.53. The number of carbonyl (C=O) groups is 5. The number of likely N-dealkylation sites (tertiary alicyclic amines) is 1. The smallest absolute Gasteiger partial charge is 0.245 e. The molecular weight excluding hydrogens is 641 g/mol. The summed E-state index contributed by atoms with van der Waals surface area (Å²) in [6, 6.07) is 16.9. The highest BCUT2D eigenvalue weighted by Gasteiger charge is 2.35. The summed E-state index contributed by atoms with van der Waals surface area (Å²) in [7, 11) is 0. The Bertz CT molecular complexity index is 1700. The van der Waals surface area contributed by atoms with Crippen molar-refractivity contribution in [1.82, 2.24) is 26.2 Å². The maximum atomic E-state index is 14.8. The van der Waals surface area contributed by atoms with Gasteiger partial charge in [-0.25, -0.2) is 4.39 Å². The second-order valence-corrected chi connectivity index (χ2v) is 13.4. The van der Waals surface area contributed by atoms with E-state index in [0.717, 1.165) is 5.56 Å². The van der Waals surface area contributed by atoms with Crippen LogP contribution in [0.2, 0.25) is 0 Å². The Hall–Kier alpha value is -5.26. The lowest BCUT2D eigenvalue weighted by atomic mass is 9.99. The van der Waals surface area contributed by atoms with E-state index in [1.54, 1.807) is 29.2 Å². The van der Waals surface area contributed by atoms with E-state index in [2.05, 4.69) is 21.3 Å². The molecule has 3 aromatic rings. The van der Waals surface area contributed by atoms with E-state index >= 15 is 0 Å². The quantitative estimate of drug-likeness (QED) is 0.294. The summed E-state index contributed by atoms with van der Waals surface area (Å²) in [5.74, 6) is -2.41. The lowest BCUT2D eigenvalue weighted by molar-refractivity contribution is -0.137. The van der Waals surface area contributed by atoms with Gasteiger partial charge in [0.25, 0.3) is 0 Å². The first kappa shape index (κ1) is 36.0. The minimum Gasteiger partial charge on any atom is -0.454 e. The molecule has 0 unspecified atom stereocenters. The molecule has 0 aromatic heterocycles. The number of rotatable bonds is 6. The van der Waals surface area contributed by atoms with E-state index in [-0.39, 0.29) is 55.2 Å². The van der Waals surface area contributed by atoms with E-state index < -0.39 is 41.7 Å². The standard InChI is InChI=1S/C38H44FN5O6/c1-23(2)17-31-36(47)43-33(38(49)44-16-15-28(22-44)40-24(3)45)19-26-9-12-29(13-10-26)50-34-20-27(11-14-30(34)39)21-35(46)41-32(37(48)42-31)18-25-7-5-4-6-8-25/h4-14,20,23,28,31-33H,15-19,21-22H2,1-3H3,(H,40,45)(H,41,46)(H,42,48)(H,43,47)/t28-,31-,32+,33-/m0/s1. The number of hydrogen-bond acceptors (Lipinski definition) is 6. The zero-order valence-corrected chi connectivity index (χ0v) is 28.5. The minimum atomic E-state index is -1.03. The molecule has 0 aliphatic carbocycles. The van der Waals surface area contributed by atoms with Gasteiger partial charge in [-0.15, -0.1) is 0 Å². The van der Waals surface area contributed by atoms with Crippen molar-refractivity contribution in [1.29, 1.82) is 0 Å². The van der Waals surface area contributed by atoms with Gasteiger partial charge in [-0.1, -0.05) is 62.4 Å². The molecule has 1 saturated heterocycles. The third-order valence-electron chi connectivity index (χ3n) is 8.75. The first-order chi connectivity index (χ1) is 23.9. The highest BCUT2D eigenvalue weighted by atomic mass is 19.1. The number of amides is 5. The second-order valence-electron chi connectivity index (χ2n) is 13.4. The van der Waals surface area contributed by atoms with Crippen LogP contribution in [0.25, 0.3) is 0 Å². The molecule has 0 saturated carbocycles. The van der Waals surface area contributed by atoms with Crippen molar-refractivity contribution in [3.05, 3.63) is 95.3 Å². The monoisotopic (exact) mass is 685 g/mol. The van der Waals surface area contributed by atoms with Crippen molar-refractivity contribution in [3.8, 4) is 11.5 Å². The number of fused-ring (bicyclic) bond motifs is 12. The number of nitrogens with zero attached hydrogens (tertiary/aromatic N) is 1. The summed E-state index contributed by atoms with van der Waals surface area (Å²) in [6.07, 6.45) is 1.00. The topological polar surface area (TPSA) is 146 Å². The molecule has 11 nitrogen and oxygen atoms in total. The van der Waals surface area contributed by atoms with Crippen LogP contribution in [-0.4, -0.2) is 71.7 Å². The molecule has 3 heterocycles. The van der Waals surface area contributed by atoms with Crippen LogP contribution in [0.15, 0.2) is 72.8 Å². The first-order valence-corrected chi connectivity index (χ1v) is 17.0. The van der Waals surface area contributed by atoms with E-state index in [1.165, 1.54) is 25.1 Å². The van der Waals surface area contributed by atoms with E-state index in [0.29, 0.717) is 36.4 Å². The van der Waals surface area contributed by atoms with Crippen LogP contribution in [0.5, 0.6) is 11.5 Å². The molecule has 3 aliphatic rings. The van der Waals surface area contributed by atoms with Crippen molar-refractivity contribution in [2.45, 2.75) is 77.0 Å². The van der Waals surface area contributed by atoms with Gasteiger partial charge in [0.2, 0.25) is 29.5 Å². The van der Waals surface area contributed by atoms with Gasteiger partial charge in [-0.3, -0.25) is 24.0 Å². The second kappa shape index (κ2) is 16.4. The number of benzene rings is 3. The molecule has 3 aromatic carbocycles. The predicted molar refractivity (Wildman–Crippen MR) is 185 cm³/mol. The lowest BCUT2D eigenvalue weighted by Crippen LogP contribution is -2.58. The molecule has 4 atom stereocenters. The number of carbonyl (C=O) groups excluding carboxylic acids is 5. The van der Waals surface area contributed by atoms with Gasteiger partial charge in [0.05, 0.1) is 6.42 Å². The molecule has 4 bridgehead atoms. The van der Waals surface area contributed by atoms with Crippen molar-refractivity contribution in [2.75, 3.05) is 13.1 Å². The predicted octanol–water partition coefficient (Wildman–Crippen LogP) is 3.20. The molecule has 12 heteroatoms. The van der Waals surface area contributed by atoms with Crippen LogP contribution in [-0.2, 0) is 43.2 Å². The van der Waals surface area contributed by atoms with Gasteiger partial charge >= 0.3 is 0 Å². The summed E-state index contributed by atoms with van der Waals surface area (Å²) < 4.78 is 20.7. The third kappa shape index (κ3) is 9.90. The van der Waals surface area contributed by atoms with Crippen LogP contribution in [0, 0.1) is 11.7 Å². The van der Waals surface area contributed by atoms with Crippen LogP contribution in [0.3, 0.4) is 0 Å². The van der Waals surface area contributed by atoms with Crippen LogP contribution >= 0.6 is 0 Å². The molecule has 3 aliphatic heterocycles. The Kier molecular flexibility index (Phi) is 11.8. The van der Waals surface area contributed by atoms with Crippen molar-refractivity contribution < 1.29 is 33.1 Å². The van der Waals surface area contributed by atoms with Crippen LogP contribution in [0.4, 0.5) is 4.39 Å². The first-order valence-electron chi connectivity index (χ1n) is 17.0. The highest BCUT2D eigenvalue weighted by molar-refractivity contribution is 5.94. The van der Waals surface area contributed by atoms with Gasteiger partial charge in [-0.2, -0.15) is 0 Å². The summed E-state index contributed by atoms with van der Waals surface area (Å²) >= 11 is 0. The number of ether oxygens (including phenoxy) is 1. The maximum absolute atomic E-state index is 14.8. The molecule has 50 heavy (non-hydrogen) atoms. The Balaban J connectivity index is 1.49. The highest BCUT2D eigenvalue weighted by Crippen LogP contribution is 2.27. The molecule has 264 valence electrons. The fourth-order valence-corrected chi connectivity index (χ4v) is 6.32. The molecule has 0 spiro atoms. The van der Waals surface area contributed by atoms with Gasteiger partial charge in [-0.05, 0) is 59.7 Å². The molecule has 6 rings (SSSR count). The van der Waals surface area contributed by atoms with Crippen molar-refractivity contribution >= 4 is 29.5 Å². The van der Waals surface area contributed by atoms with E-state index in [4.69, 9.17) is 4.74 Å². The molecule has 5 amide bonds. The Morgan fingerprint density at radius 1 is 0.920 bits per heavy atom. The van der Waals surface area contributed by atoms with Crippen LogP contribution < -0.4 is 26.0 Å². The zero-order valence-electron chi connectivity index (χ0n) is 28.5.